The number of halogens is 1. The van der Waals surface area contributed by atoms with Gasteiger partial charge in [0.1, 0.15) is 5.92 Å². The maximum atomic E-state index is 13.5. The van der Waals surface area contributed by atoms with E-state index in [2.05, 4.69) is 19.1 Å². The average molecular weight is 433 g/mol. The summed E-state index contributed by atoms with van der Waals surface area (Å²) < 4.78 is 0. The molecule has 0 spiro atoms. The van der Waals surface area contributed by atoms with Crippen molar-refractivity contribution < 1.29 is 14.4 Å². The number of para-hydroxylation sites is 1. The van der Waals surface area contributed by atoms with E-state index in [1.165, 1.54) is 10.5 Å². The Kier molecular flexibility index (Phi) is 5.00. The van der Waals surface area contributed by atoms with Crippen molar-refractivity contribution in [3.05, 3.63) is 95.0 Å². The Morgan fingerprint density at radius 2 is 1.52 bits per heavy atom. The molecule has 2 fully saturated rings. The highest BCUT2D eigenvalue weighted by atomic mass is 35.5. The van der Waals surface area contributed by atoms with E-state index in [1.807, 2.05) is 42.5 Å². The zero-order valence-electron chi connectivity index (χ0n) is 16.9. The zero-order valence-corrected chi connectivity index (χ0v) is 17.7. The fourth-order valence-electron chi connectivity index (χ4n) is 4.35. The van der Waals surface area contributed by atoms with E-state index in [0.717, 1.165) is 17.7 Å². The lowest BCUT2D eigenvalue weighted by atomic mass is 9.90. The second-order valence-electron chi connectivity index (χ2n) is 7.74. The monoisotopic (exact) mass is 432 g/mol. The quantitative estimate of drug-likeness (QED) is 0.547. The van der Waals surface area contributed by atoms with Crippen molar-refractivity contribution in [3.63, 3.8) is 0 Å². The van der Waals surface area contributed by atoms with Crippen molar-refractivity contribution in [3.8, 4) is 0 Å². The zero-order chi connectivity index (χ0) is 21.5. The molecule has 0 unspecified atom stereocenters. The first-order chi connectivity index (χ1) is 15.1. The van der Waals surface area contributed by atoms with E-state index in [0.29, 0.717) is 10.7 Å². The summed E-state index contributed by atoms with van der Waals surface area (Å²) >= 11 is 5.98. The standard InChI is InChI=1S/C25H21ClN2O3/c1-2-16-8-10-17(11-9-16)22-21-23(31-28(22)20-6-4-3-5-7-20)25(30)27(24(21)29)19-14-12-18(26)13-15-19/h3-15,21-23H,2H2,1H3/t21-,22+,23-/m0/s1. The van der Waals surface area contributed by atoms with Crippen molar-refractivity contribution in [2.75, 3.05) is 9.96 Å². The van der Waals surface area contributed by atoms with E-state index in [1.54, 1.807) is 29.3 Å². The fourth-order valence-corrected chi connectivity index (χ4v) is 4.47. The molecule has 5 nitrogen and oxygen atoms in total. The van der Waals surface area contributed by atoms with Crippen LogP contribution in [0, 0.1) is 5.92 Å². The molecule has 3 aromatic carbocycles. The Labute approximate surface area is 185 Å². The maximum absolute atomic E-state index is 13.5. The van der Waals surface area contributed by atoms with Crippen LogP contribution in [0.3, 0.4) is 0 Å². The summed E-state index contributed by atoms with van der Waals surface area (Å²) in [6, 6.07) is 24.0. The lowest BCUT2D eigenvalue weighted by molar-refractivity contribution is -0.126. The second-order valence-corrected chi connectivity index (χ2v) is 8.18. The predicted octanol–water partition coefficient (Wildman–Crippen LogP) is 4.95. The van der Waals surface area contributed by atoms with Crippen LogP contribution in [0.4, 0.5) is 11.4 Å². The summed E-state index contributed by atoms with van der Waals surface area (Å²) in [5.74, 6) is -1.26. The number of nitrogens with zero attached hydrogens (tertiary/aromatic N) is 2. The molecule has 5 rings (SSSR count). The van der Waals surface area contributed by atoms with E-state index in [4.69, 9.17) is 16.4 Å². The Morgan fingerprint density at radius 3 is 2.16 bits per heavy atom. The van der Waals surface area contributed by atoms with Crippen LogP contribution in [0.5, 0.6) is 0 Å². The molecule has 0 bridgehead atoms. The van der Waals surface area contributed by atoms with Crippen molar-refractivity contribution in [1.29, 1.82) is 0 Å². The summed E-state index contributed by atoms with van der Waals surface area (Å²) in [6.07, 6.45) is 0.0525. The SMILES string of the molecule is CCc1ccc([C@@H]2[C@@H]3C(=O)N(c4ccc(Cl)cc4)C(=O)[C@H]3ON2c2ccccc2)cc1. The molecule has 2 aliphatic rings. The number of hydroxylamine groups is 1. The number of hydrogen-bond acceptors (Lipinski definition) is 4. The highest BCUT2D eigenvalue weighted by Crippen LogP contribution is 2.47. The highest BCUT2D eigenvalue weighted by Gasteiger charge is 2.60. The van der Waals surface area contributed by atoms with Gasteiger partial charge in [-0.1, -0.05) is 61.0 Å². The highest BCUT2D eigenvalue weighted by molar-refractivity contribution is 6.31. The van der Waals surface area contributed by atoms with Gasteiger partial charge in [-0.3, -0.25) is 14.4 Å². The molecule has 2 amide bonds. The van der Waals surface area contributed by atoms with Gasteiger partial charge in [0.05, 0.1) is 17.4 Å². The van der Waals surface area contributed by atoms with Gasteiger partial charge in [-0.25, -0.2) is 9.96 Å². The molecule has 0 N–H and O–H groups in total. The van der Waals surface area contributed by atoms with Crippen molar-refractivity contribution in [2.45, 2.75) is 25.5 Å². The summed E-state index contributed by atoms with van der Waals surface area (Å²) in [4.78, 5) is 34.2. The number of carbonyl (C=O) groups excluding carboxylic acids is 2. The molecule has 2 heterocycles. The summed E-state index contributed by atoms with van der Waals surface area (Å²) in [5.41, 5.74) is 3.46. The molecule has 0 aromatic heterocycles. The van der Waals surface area contributed by atoms with Crippen molar-refractivity contribution in [2.24, 2.45) is 5.92 Å². The van der Waals surface area contributed by atoms with Gasteiger partial charge in [0.25, 0.3) is 5.91 Å². The number of amides is 2. The Balaban J connectivity index is 1.57. The van der Waals surface area contributed by atoms with Crippen LogP contribution in [0.25, 0.3) is 0 Å². The van der Waals surface area contributed by atoms with Crippen molar-refractivity contribution in [1.82, 2.24) is 0 Å². The molecule has 31 heavy (non-hydrogen) atoms. The number of benzene rings is 3. The average Bonchev–Trinajstić information content (AvgIpc) is 3.31. The van der Waals surface area contributed by atoms with Crippen LogP contribution in [0.15, 0.2) is 78.9 Å². The van der Waals surface area contributed by atoms with Gasteiger partial charge in [0.15, 0.2) is 6.10 Å². The van der Waals surface area contributed by atoms with Gasteiger partial charge in [-0.2, -0.15) is 0 Å². The number of carbonyl (C=O) groups is 2. The third kappa shape index (κ3) is 3.30. The minimum absolute atomic E-state index is 0.264. The third-order valence-corrected chi connectivity index (χ3v) is 6.19. The molecule has 0 saturated carbocycles. The minimum atomic E-state index is -0.876. The number of imide groups is 1. The number of hydrogen-bond donors (Lipinski definition) is 0. The topological polar surface area (TPSA) is 49.9 Å². The number of anilines is 2. The maximum Gasteiger partial charge on any atom is 0.266 e. The molecular formula is C25H21ClN2O3. The number of aryl methyl sites for hydroxylation is 1. The summed E-state index contributed by atoms with van der Waals surface area (Å²) in [5, 5.41) is 2.26. The van der Waals surface area contributed by atoms with Gasteiger partial charge >= 0.3 is 0 Å². The minimum Gasteiger partial charge on any atom is -0.273 e. The summed E-state index contributed by atoms with van der Waals surface area (Å²) in [6.45, 7) is 2.10. The van der Waals surface area contributed by atoms with Gasteiger partial charge < -0.3 is 0 Å². The van der Waals surface area contributed by atoms with E-state index in [9.17, 15) is 9.59 Å². The molecule has 0 radical (unpaired) electrons. The first kappa shape index (κ1) is 19.8. The molecule has 0 aliphatic carbocycles. The molecule has 2 saturated heterocycles. The van der Waals surface area contributed by atoms with Crippen LogP contribution < -0.4 is 9.96 Å². The van der Waals surface area contributed by atoms with Crippen LogP contribution in [0.2, 0.25) is 5.02 Å². The second kappa shape index (κ2) is 7.84. The lowest BCUT2D eigenvalue weighted by Crippen LogP contribution is -2.37. The Hall–Kier alpha value is -3.15. The van der Waals surface area contributed by atoms with E-state index < -0.39 is 18.1 Å². The van der Waals surface area contributed by atoms with Crippen LogP contribution in [-0.4, -0.2) is 17.9 Å². The van der Waals surface area contributed by atoms with Gasteiger partial charge in [0, 0.05) is 5.02 Å². The first-order valence-corrected chi connectivity index (χ1v) is 10.7. The van der Waals surface area contributed by atoms with Gasteiger partial charge in [0.2, 0.25) is 5.91 Å². The van der Waals surface area contributed by atoms with E-state index in [-0.39, 0.29) is 11.8 Å². The van der Waals surface area contributed by atoms with Crippen LogP contribution in [-0.2, 0) is 20.8 Å². The van der Waals surface area contributed by atoms with Crippen LogP contribution in [0.1, 0.15) is 24.1 Å². The first-order valence-electron chi connectivity index (χ1n) is 10.3. The molecule has 2 aliphatic heterocycles. The number of rotatable bonds is 4. The molecule has 6 heteroatoms. The largest absolute Gasteiger partial charge is 0.273 e. The Bertz CT molecular complexity index is 1120. The van der Waals surface area contributed by atoms with E-state index >= 15 is 0 Å². The molecule has 3 aromatic rings. The molecule has 156 valence electrons. The summed E-state index contributed by atoms with van der Waals surface area (Å²) in [7, 11) is 0. The smallest absolute Gasteiger partial charge is 0.266 e. The lowest BCUT2D eigenvalue weighted by Gasteiger charge is -2.28. The normalized spacial score (nSPS) is 22.8. The fraction of sp³-hybridized carbons (Fsp3) is 0.200. The predicted molar refractivity (Wildman–Crippen MR) is 120 cm³/mol. The Morgan fingerprint density at radius 1 is 0.839 bits per heavy atom. The molecule has 3 atom stereocenters. The third-order valence-electron chi connectivity index (χ3n) is 5.94. The van der Waals surface area contributed by atoms with Gasteiger partial charge in [-0.15, -0.1) is 0 Å². The number of fused-ring (bicyclic) bond motifs is 1. The van der Waals surface area contributed by atoms with Crippen molar-refractivity contribution >= 4 is 34.8 Å². The molecular weight excluding hydrogens is 412 g/mol. The van der Waals surface area contributed by atoms with Gasteiger partial charge in [-0.05, 0) is 53.9 Å². The van der Waals surface area contributed by atoms with Crippen LogP contribution >= 0.6 is 11.6 Å².